The number of carbonyl (C=O) groups excluding carboxylic acids is 1. The van der Waals surface area contributed by atoms with Gasteiger partial charge in [0.15, 0.2) is 0 Å². The maximum absolute atomic E-state index is 12.3. The Morgan fingerprint density at radius 1 is 1.38 bits per heavy atom. The first-order valence-electron chi connectivity index (χ1n) is 4.33. The minimum Gasteiger partial charge on any atom is -0.325 e. The van der Waals surface area contributed by atoms with Crippen LogP contribution in [-0.2, 0) is 19.3 Å². The molecule has 1 aromatic rings. The second-order valence-electron chi connectivity index (χ2n) is 3.25. The maximum Gasteiger partial charge on any atom is 0.453 e. The molecule has 88 valence electrons. The first-order valence-corrected chi connectivity index (χ1v) is 5.41. The maximum atomic E-state index is 12.3. The molecule has 1 aromatic heterocycles. The molecule has 0 aliphatic carbocycles. The first kappa shape index (κ1) is 11.6. The van der Waals surface area contributed by atoms with Crippen molar-refractivity contribution in [1.82, 2.24) is 19.7 Å². The number of halogens is 4. The molecule has 2 heterocycles. The lowest BCUT2D eigenvalue weighted by atomic mass is 10.4. The van der Waals surface area contributed by atoms with Crippen molar-refractivity contribution in [2.24, 2.45) is 0 Å². The van der Waals surface area contributed by atoms with Crippen LogP contribution in [0.3, 0.4) is 0 Å². The molecule has 1 aliphatic rings. The van der Waals surface area contributed by atoms with E-state index < -0.39 is 12.0 Å². The van der Waals surface area contributed by atoms with Crippen molar-refractivity contribution < 1.29 is 18.0 Å². The minimum atomic E-state index is -4.54. The zero-order chi connectivity index (χ0) is 11.9. The van der Waals surface area contributed by atoms with E-state index in [0.29, 0.717) is 6.54 Å². The lowest BCUT2D eigenvalue weighted by Crippen LogP contribution is -2.35. The van der Waals surface area contributed by atoms with Crippen LogP contribution < -0.4 is 0 Å². The third-order valence-electron chi connectivity index (χ3n) is 2.16. The van der Waals surface area contributed by atoms with Gasteiger partial charge in [-0.1, -0.05) is 0 Å². The van der Waals surface area contributed by atoms with Crippen molar-refractivity contribution in [2.45, 2.75) is 19.3 Å². The fourth-order valence-corrected chi connectivity index (χ4v) is 1.82. The number of carbonyl (C=O) groups is 1. The van der Waals surface area contributed by atoms with E-state index in [4.69, 9.17) is 0 Å². The van der Waals surface area contributed by atoms with Crippen LogP contribution >= 0.6 is 22.6 Å². The van der Waals surface area contributed by atoms with Crippen LogP contribution in [0, 0.1) is 0 Å². The van der Waals surface area contributed by atoms with Crippen LogP contribution in [0.2, 0.25) is 0 Å². The molecule has 0 N–H and O–H groups in total. The Hall–Kier alpha value is -0.870. The van der Waals surface area contributed by atoms with E-state index in [1.165, 1.54) is 9.58 Å². The Balaban J connectivity index is 2.27. The van der Waals surface area contributed by atoms with Crippen LogP contribution in [0.4, 0.5) is 18.0 Å². The monoisotopic (exact) mass is 346 g/mol. The molecule has 0 fully saturated rings. The van der Waals surface area contributed by atoms with Crippen LogP contribution in [-0.4, -0.2) is 30.1 Å². The number of alkyl halides is 3. The van der Waals surface area contributed by atoms with Crippen LogP contribution in [0.1, 0.15) is 11.6 Å². The second kappa shape index (κ2) is 3.86. The highest BCUT2D eigenvalue weighted by molar-refractivity contribution is 14.1. The summed E-state index contributed by atoms with van der Waals surface area (Å²) in [5, 5.41) is 3.36. The summed E-state index contributed by atoms with van der Waals surface area (Å²) in [7, 11) is 0. The van der Waals surface area contributed by atoms with Crippen LogP contribution in [0.15, 0.2) is 0 Å². The standard InChI is InChI=1S/C7H6F3IN4O/c8-7(9,10)5-12-4-3-14(6(11)16)1-2-15(4)13-5/h1-3H2. The smallest absolute Gasteiger partial charge is 0.325 e. The van der Waals surface area contributed by atoms with Gasteiger partial charge in [-0.05, 0) is 0 Å². The van der Waals surface area contributed by atoms with E-state index in [1.54, 1.807) is 22.6 Å². The molecule has 0 aromatic carbocycles. The normalized spacial score (nSPS) is 16.1. The highest BCUT2D eigenvalue weighted by atomic mass is 127. The molecule has 1 aliphatic heterocycles. The number of amides is 1. The first-order chi connectivity index (χ1) is 7.38. The van der Waals surface area contributed by atoms with E-state index in [0.717, 1.165) is 0 Å². The van der Waals surface area contributed by atoms with Crippen molar-refractivity contribution in [3.63, 3.8) is 0 Å². The molecule has 9 heteroatoms. The third kappa shape index (κ3) is 2.13. The molecule has 2 rings (SSSR count). The summed E-state index contributed by atoms with van der Waals surface area (Å²) in [4.78, 5) is 15.9. The quantitative estimate of drug-likeness (QED) is 0.408. The van der Waals surface area contributed by atoms with Gasteiger partial charge in [0.2, 0.25) is 0 Å². The number of rotatable bonds is 0. The van der Waals surface area contributed by atoms with Crippen LogP contribution in [0.5, 0.6) is 0 Å². The van der Waals surface area contributed by atoms with Crippen molar-refractivity contribution in [1.29, 1.82) is 0 Å². The zero-order valence-corrected chi connectivity index (χ0v) is 9.99. The highest BCUT2D eigenvalue weighted by Gasteiger charge is 2.38. The molecular formula is C7H6F3IN4O. The van der Waals surface area contributed by atoms with Gasteiger partial charge in [-0.15, -0.1) is 5.10 Å². The summed E-state index contributed by atoms with van der Waals surface area (Å²) >= 11 is 1.59. The van der Waals surface area contributed by atoms with E-state index in [-0.39, 0.29) is 22.8 Å². The molecule has 0 spiro atoms. The lowest BCUT2D eigenvalue weighted by molar-refractivity contribution is -0.145. The lowest BCUT2D eigenvalue weighted by Gasteiger charge is -2.24. The minimum absolute atomic E-state index is 0.0743. The number of fused-ring (bicyclic) bond motifs is 1. The van der Waals surface area contributed by atoms with Crippen molar-refractivity contribution in [2.75, 3.05) is 6.54 Å². The number of hydrogen-bond donors (Lipinski definition) is 0. The number of aromatic nitrogens is 3. The molecule has 16 heavy (non-hydrogen) atoms. The Labute approximate surface area is 102 Å². The second-order valence-corrected chi connectivity index (χ2v) is 4.17. The van der Waals surface area contributed by atoms with E-state index >= 15 is 0 Å². The van der Waals surface area contributed by atoms with Crippen LogP contribution in [0.25, 0.3) is 0 Å². The highest BCUT2D eigenvalue weighted by Crippen LogP contribution is 2.27. The number of nitrogens with zero attached hydrogens (tertiary/aromatic N) is 4. The van der Waals surface area contributed by atoms with Gasteiger partial charge in [-0.3, -0.25) is 4.79 Å². The molecule has 0 radical (unpaired) electrons. The third-order valence-corrected chi connectivity index (χ3v) is 2.85. The van der Waals surface area contributed by atoms with Gasteiger partial charge in [-0.2, -0.15) is 13.2 Å². The molecule has 0 saturated carbocycles. The predicted molar refractivity (Wildman–Crippen MR) is 54.9 cm³/mol. The Bertz CT molecular complexity index is 430. The fourth-order valence-electron chi connectivity index (χ4n) is 1.41. The van der Waals surface area contributed by atoms with Gasteiger partial charge in [0.1, 0.15) is 5.82 Å². The molecule has 0 atom stereocenters. The fraction of sp³-hybridized carbons (Fsp3) is 0.571. The summed E-state index contributed by atoms with van der Waals surface area (Å²) in [5.41, 5.74) is 0. The Kier molecular flexibility index (Phi) is 2.80. The van der Waals surface area contributed by atoms with Gasteiger partial charge in [0.25, 0.3) is 9.74 Å². The van der Waals surface area contributed by atoms with Gasteiger partial charge in [-0.25, -0.2) is 9.67 Å². The van der Waals surface area contributed by atoms with Gasteiger partial charge in [0.05, 0.1) is 13.1 Å². The molecule has 0 bridgehead atoms. The van der Waals surface area contributed by atoms with Gasteiger partial charge in [0, 0.05) is 29.1 Å². The van der Waals surface area contributed by atoms with Crippen molar-refractivity contribution in [3.05, 3.63) is 11.6 Å². The molecule has 5 nitrogen and oxygen atoms in total. The zero-order valence-electron chi connectivity index (χ0n) is 7.83. The summed E-state index contributed by atoms with van der Waals surface area (Å²) in [6.07, 6.45) is -4.54. The van der Waals surface area contributed by atoms with Gasteiger partial charge >= 0.3 is 6.18 Å². The average Bonchev–Trinajstić information content (AvgIpc) is 2.58. The summed E-state index contributed by atoms with van der Waals surface area (Å²) < 4.78 is 37.9. The predicted octanol–water partition coefficient (Wildman–Crippen LogP) is 1.67. The molecule has 0 unspecified atom stereocenters. The largest absolute Gasteiger partial charge is 0.453 e. The van der Waals surface area contributed by atoms with Crippen molar-refractivity contribution >= 4 is 26.5 Å². The summed E-state index contributed by atoms with van der Waals surface area (Å²) in [6, 6.07) is 0. The molecular weight excluding hydrogens is 340 g/mol. The van der Waals surface area contributed by atoms with E-state index in [1.807, 2.05) is 0 Å². The average molecular weight is 346 g/mol. The summed E-state index contributed by atoms with van der Waals surface area (Å²) in [5.74, 6) is -0.978. The van der Waals surface area contributed by atoms with E-state index in [2.05, 4.69) is 10.1 Å². The molecule has 0 saturated heterocycles. The topological polar surface area (TPSA) is 51.0 Å². The Morgan fingerprint density at radius 3 is 2.62 bits per heavy atom. The van der Waals surface area contributed by atoms with Crippen molar-refractivity contribution in [3.8, 4) is 0 Å². The van der Waals surface area contributed by atoms with E-state index in [9.17, 15) is 18.0 Å². The number of hydrogen-bond acceptors (Lipinski definition) is 3. The molecule has 1 amide bonds. The SMILES string of the molecule is O=C(I)N1CCn2nc(C(F)(F)F)nc2C1. The summed E-state index contributed by atoms with van der Waals surface area (Å²) in [6.45, 7) is 0.674. The van der Waals surface area contributed by atoms with Gasteiger partial charge < -0.3 is 4.90 Å². The Morgan fingerprint density at radius 2 is 2.06 bits per heavy atom.